The van der Waals surface area contributed by atoms with Crippen LogP contribution in [0.25, 0.3) is 0 Å². The number of nitrogens with zero attached hydrogens (tertiary/aromatic N) is 4. The highest BCUT2D eigenvalue weighted by atomic mass is 16.5. The highest BCUT2D eigenvalue weighted by Gasteiger charge is 2.23. The van der Waals surface area contributed by atoms with Crippen LogP contribution in [0, 0.1) is 13.8 Å². The SMILES string of the molecule is CCCC(C(=O)O)n1nnnc1COc1c(C)cccc1C. The van der Waals surface area contributed by atoms with Gasteiger partial charge in [-0.05, 0) is 41.8 Å². The molecule has 0 saturated heterocycles. The van der Waals surface area contributed by atoms with Crippen molar-refractivity contribution >= 4 is 5.97 Å². The van der Waals surface area contributed by atoms with Crippen LogP contribution >= 0.6 is 0 Å². The number of aliphatic carboxylic acids is 1. The van der Waals surface area contributed by atoms with Gasteiger partial charge in [-0.2, -0.15) is 0 Å². The van der Waals surface area contributed by atoms with E-state index >= 15 is 0 Å². The van der Waals surface area contributed by atoms with Crippen LogP contribution in [-0.4, -0.2) is 31.3 Å². The molecule has 0 radical (unpaired) electrons. The molecule has 1 heterocycles. The Kier molecular flexibility index (Phi) is 5.08. The maximum atomic E-state index is 11.4. The van der Waals surface area contributed by atoms with Crippen LogP contribution in [0.3, 0.4) is 0 Å². The molecule has 1 atom stereocenters. The van der Waals surface area contributed by atoms with E-state index < -0.39 is 12.0 Å². The molecule has 22 heavy (non-hydrogen) atoms. The van der Waals surface area contributed by atoms with Crippen molar-refractivity contribution in [3.8, 4) is 5.75 Å². The fourth-order valence-corrected chi connectivity index (χ4v) is 2.34. The molecule has 0 saturated carbocycles. The Morgan fingerprint density at radius 3 is 2.64 bits per heavy atom. The van der Waals surface area contributed by atoms with Crippen molar-refractivity contribution in [2.24, 2.45) is 0 Å². The van der Waals surface area contributed by atoms with Crippen molar-refractivity contribution in [3.63, 3.8) is 0 Å². The molecule has 0 fully saturated rings. The number of carboxylic acids is 1. The third-order valence-electron chi connectivity index (χ3n) is 3.46. The van der Waals surface area contributed by atoms with Crippen molar-refractivity contribution in [2.75, 3.05) is 0 Å². The Bertz CT molecular complexity index is 634. The molecule has 7 nitrogen and oxygen atoms in total. The van der Waals surface area contributed by atoms with Gasteiger partial charge in [-0.1, -0.05) is 31.5 Å². The van der Waals surface area contributed by atoms with E-state index in [1.807, 2.05) is 39.0 Å². The lowest BCUT2D eigenvalue weighted by atomic mass is 10.1. The second kappa shape index (κ2) is 7.02. The summed E-state index contributed by atoms with van der Waals surface area (Å²) >= 11 is 0. The number of ether oxygens (including phenoxy) is 1. The fraction of sp³-hybridized carbons (Fsp3) is 0.467. The van der Waals surface area contributed by atoms with Crippen molar-refractivity contribution in [1.29, 1.82) is 0 Å². The Hall–Kier alpha value is -2.44. The average molecular weight is 304 g/mol. The Balaban J connectivity index is 2.18. The van der Waals surface area contributed by atoms with E-state index in [1.54, 1.807) is 0 Å². The lowest BCUT2D eigenvalue weighted by molar-refractivity contribution is -0.141. The summed E-state index contributed by atoms with van der Waals surface area (Å²) in [6.45, 7) is 5.98. The maximum absolute atomic E-state index is 11.4. The van der Waals surface area contributed by atoms with Gasteiger partial charge in [0.2, 0.25) is 0 Å². The molecular formula is C15H20N4O3. The topological polar surface area (TPSA) is 90.1 Å². The van der Waals surface area contributed by atoms with Gasteiger partial charge in [0, 0.05) is 0 Å². The molecule has 7 heteroatoms. The predicted octanol–water partition coefficient (Wildman–Crippen LogP) is 2.29. The minimum atomic E-state index is -0.942. The van der Waals surface area contributed by atoms with Gasteiger partial charge in [0.25, 0.3) is 0 Å². The minimum Gasteiger partial charge on any atom is -0.485 e. The van der Waals surface area contributed by atoms with Crippen LogP contribution in [-0.2, 0) is 11.4 Å². The Morgan fingerprint density at radius 2 is 2.05 bits per heavy atom. The molecule has 118 valence electrons. The molecule has 0 aliphatic rings. The summed E-state index contributed by atoms with van der Waals surface area (Å²) in [6, 6.07) is 5.12. The van der Waals surface area contributed by atoms with E-state index in [9.17, 15) is 9.90 Å². The van der Waals surface area contributed by atoms with Crippen LogP contribution in [0.1, 0.15) is 42.8 Å². The van der Waals surface area contributed by atoms with E-state index in [1.165, 1.54) is 4.68 Å². The summed E-state index contributed by atoms with van der Waals surface area (Å²) in [6.07, 6.45) is 1.20. The normalized spacial score (nSPS) is 12.1. The molecule has 0 aliphatic carbocycles. The maximum Gasteiger partial charge on any atom is 0.328 e. The largest absolute Gasteiger partial charge is 0.485 e. The van der Waals surface area contributed by atoms with E-state index in [4.69, 9.17) is 4.74 Å². The molecule has 2 rings (SSSR count). The van der Waals surface area contributed by atoms with Crippen molar-refractivity contribution in [3.05, 3.63) is 35.2 Å². The lowest BCUT2D eigenvalue weighted by Crippen LogP contribution is -2.23. The first-order valence-electron chi connectivity index (χ1n) is 7.23. The quantitative estimate of drug-likeness (QED) is 0.844. The zero-order valence-electron chi connectivity index (χ0n) is 13.0. The van der Waals surface area contributed by atoms with Crippen LogP contribution in [0.4, 0.5) is 0 Å². The van der Waals surface area contributed by atoms with Gasteiger partial charge in [0.1, 0.15) is 12.4 Å². The standard InChI is InChI=1S/C15H20N4O3/c1-4-6-12(15(20)21)19-13(16-17-18-19)9-22-14-10(2)7-5-8-11(14)3/h5,7-8,12H,4,6,9H2,1-3H3,(H,20,21). The van der Waals surface area contributed by atoms with E-state index in [2.05, 4.69) is 15.5 Å². The first-order chi connectivity index (χ1) is 10.5. The highest BCUT2D eigenvalue weighted by Crippen LogP contribution is 2.23. The summed E-state index contributed by atoms with van der Waals surface area (Å²) in [5.74, 6) is 0.241. The van der Waals surface area contributed by atoms with Gasteiger partial charge >= 0.3 is 5.97 Å². The fourth-order valence-electron chi connectivity index (χ4n) is 2.34. The minimum absolute atomic E-state index is 0.131. The van der Waals surface area contributed by atoms with Gasteiger partial charge in [-0.25, -0.2) is 9.48 Å². The summed E-state index contributed by atoms with van der Waals surface area (Å²) in [5, 5.41) is 20.6. The zero-order valence-corrected chi connectivity index (χ0v) is 13.0. The Labute approximate surface area is 128 Å². The molecule has 1 N–H and O–H groups in total. The molecule has 1 unspecified atom stereocenters. The molecule has 0 amide bonds. The second-order valence-electron chi connectivity index (χ2n) is 5.19. The molecule has 2 aromatic rings. The monoisotopic (exact) mass is 304 g/mol. The third kappa shape index (κ3) is 3.41. The van der Waals surface area contributed by atoms with Crippen LogP contribution in [0.2, 0.25) is 0 Å². The highest BCUT2D eigenvalue weighted by molar-refractivity contribution is 5.71. The number of aryl methyl sites for hydroxylation is 2. The molecule has 0 aliphatic heterocycles. The first-order valence-corrected chi connectivity index (χ1v) is 7.23. The number of carbonyl (C=O) groups is 1. The van der Waals surface area contributed by atoms with E-state index in [-0.39, 0.29) is 6.61 Å². The average Bonchev–Trinajstić information content (AvgIpc) is 2.92. The van der Waals surface area contributed by atoms with Crippen LogP contribution < -0.4 is 4.74 Å². The summed E-state index contributed by atoms with van der Waals surface area (Å²) in [5.41, 5.74) is 2.03. The van der Waals surface area contributed by atoms with Crippen molar-refractivity contribution < 1.29 is 14.6 Å². The number of hydrogen-bond donors (Lipinski definition) is 1. The molecule has 0 bridgehead atoms. The summed E-state index contributed by atoms with van der Waals surface area (Å²) < 4.78 is 7.14. The first kappa shape index (κ1) is 15.9. The van der Waals surface area contributed by atoms with Crippen LogP contribution in [0.15, 0.2) is 18.2 Å². The van der Waals surface area contributed by atoms with Gasteiger partial charge in [0.05, 0.1) is 0 Å². The number of benzene rings is 1. The molecular weight excluding hydrogens is 284 g/mol. The second-order valence-corrected chi connectivity index (χ2v) is 5.19. The predicted molar refractivity (Wildman–Crippen MR) is 79.6 cm³/mol. The third-order valence-corrected chi connectivity index (χ3v) is 3.46. The smallest absolute Gasteiger partial charge is 0.328 e. The zero-order chi connectivity index (χ0) is 16.1. The van der Waals surface area contributed by atoms with Crippen molar-refractivity contribution in [1.82, 2.24) is 20.2 Å². The Morgan fingerprint density at radius 1 is 1.36 bits per heavy atom. The molecule has 0 spiro atoms. The van der Waals surface area contributed by atoms with E-state index in [0.717, 1.165) is 23.3 Å². The van der Waals surface area contributed by atoms with Gasteiger partial charge < -0.3 is 9.84 Å². The number of hydrogen-bond acceptors (Lipinski definition) is 5. The lowest BCUT2D eigenvalue weighted by Gasteiger charge is -2.15. The number of aromatic nitrogens is 4. The number of rotatable bonds is 7. The van der Waals surface area contributed by atoms with Crippen molar-refractivity contribution in [2.45, 2.75) is 46.3 Å². The number of carboxylic acid groups (broad SMARTS) is 1. The van der Waals surface area contributed by atoms with Gasteiger partial charge in [-0.3, -0.25) is 0 Å². The summed E-state index contributed by atoms with van der Waals surface area (Å²) in [4.78, 5) is 11.4. The molecule has 1 aromatic heterocycles. The van der Waals surface area contributed by atoms with Crippen LogP contribution in [0.5, 0.6) is 5.75 Å². The summed E-state index contributed by atoms with van der Waals surface area (Å²) in [7, 11) is 0. The number of tetrazole rings is 1. The van der Waals surface area contributed by atoms with E-state index in [0.29, 0.717) is 12.2 Å². The molecule has 1 aromatic carbocycles. The van der Waals surface area contributed by atoms with Gasteiger partial charge in [-0.15, -0.1) is 5.10 Å². The van der Waals surface area contributed by atoms with Gasteiger partial charge in [0.15, 0.2) is 11.9 Å². The number of para-hydroxylation sites is 1.